The van der Waals surface area contributed by atoms with E-state index >= 15 is 0 Å². The third-order valence-electron chi connectivity index (χ3n) is 3.88. The summed E-state index contributed by atoms with van der Waals surface area (Å²) in [5, 5.41) is 3.28. The SMILES string of the molecule is CCN(Cc1ccc(N(C)C)cc1)C(=O)[C@H]1CCCN1. The molecule has 0 spiro atoms. The lowest BCUT2D eigenvalue weighted by Crippen LogP contribution is -2.43. The van der Waals surface area contributed by atoms with Crippen molar-refractivity contribution in [3.8, 4) is 0 Å². The Balaban J connectivity index is 2.00. The predicted molar refractivity (Wildman–Crippen MR) is 82.9 cm³/mol. The third kappa shape index (κ3) is 3.51. The summed E-state index contributed by atoms with van der Waals surface area (Å²) in [5.41, 5.74) is 2.37. The van der Waals surface area contributed by atoms with Gasteiger partial charge in [-0.15, -0.1) is 0 Å². The number of carbonyl (C=O) groups is 1. The standard InChI is InChI=1S/C16H25N3O/c1-4-19(16(20)15-6-5-11-17-15)12-13-7-9-14(10-8-13)18(2)3/h7-10,15,17H,4-6,11-12H2,1-3H3/t15-/m1/s1. The lowest BCUT2D eigenvalue weighted by atomic mass is 10.1. The number of nitrogens with zero attached hydrogens (tertiary/aromatic N) is 2. The van der Waals surface area contributed by atoms with Crippen molar-refractivity contribution < 1.29 is 4.79 Å². The summed E-state index contributed by atoms with van der Waals surface area (Å²) in [5.74, 6) is 0.238. The first kappa shape index (κ1) is 14.9. The van der Waals surface area contributed by atoms with Gasteiger partial charge in [0.1, 0.15) is 0 Å². The molecule has 0 unspecified atom stereocenters. The maximum Gasteiger partial charge on any atom is 0.239 e. The van der Waals surface area contributed by atoms with Gasteiger partial charge in [0.2, 0.25) is 5.91 Å². The fourth-order valence-corrected chi connectivity index (χ4v) is 2.58. The van der Waals surface area contributed by atoms with Crippen molar-refractivity contribution in [1.82, 2.24) is 10.2 Å². The minimum Gasteiger partial charge on any atom is -0.378 e. The van der Waals surface area contributed by atoms with E-state index in [1.54, 1.807) is 0 Å². The van der Waals surface area contributed by atoms with Crippen LogP contribution in [0.4, 0.5) is 5.69 Å². The van der Waals surface area contributed by atoms with Gasteiger partial charge < -0.3 is 15.1 Å². The Labute approximate surface area is 121 Å². The molecule has 0 aliphatic carbocycles. The van der Waals surface area contributed by atoms with Crippen LogP contribution in [0.3, 0.4) is 0 Å². The van der Waals surface area contributed by atoms with Crippen LogP contribution < -0.4 is 10.2 Å². The molecule has 1 amide bonds. The highest BCUT2D eigenvalue weighted by Crippen LogP contribution is 2.15. The van der Waals surface area contributed by atoms with E-state index in [4.69, 9.17) is 0 Å². The molecule has 1 aromatic carbocycles. The molecule has 110 valence electrons. The normalized spacial score (nSPS) is 18.1. The molecule has 20 heavy (non-hydrogen) atoms. The highest BCUT2D eigenvalue weighted by molar-refractivity contribution is 5.82. The Kier molecular flexibility index (Phi) is 5.01. The van der Waals surface area contributed by atoms with Gasteiger partial charge in [-0.05, 0) is 44.0 Å². The lowest BCUT2D eigenvalue weighted by Gasteiger charge is -2.24. The average molecular weight is 275 g/mol. The van der Waals surface area contributed by atoms with Crippen LogP contribution in [0, 0.1) is 0 Å². The van der Waals surface area contributed by atoms with Gasteiger partial charge in [0.05, 0.1) is 6.04 Å². The summed E-state index contributed by atoms with van der Waals surface area (Å²) < 4.78 is 0. The summed E-state index contributed by atoms with van der Waals surface area (Å²) in [6, 6.07) is 8.43. The molecule has 1 aromatic rings. The zero-order valence-electron chi connectivity index (χ0n) is 12.7. The molecule has 1 atom stereocenters. The Morgan fingerprint density at radius 1 is 1.30 bits per heavy atom. The van der Waals surface area contributed by atoms with Gasteiger partial charge in [-0.3, -0.25) is 4.79 Å². The molecule has 1 aliphatic rings. The first-order chi connectivity index (χ1) is 9.61. The van der Waals surface area contributed by atoms with Gasteiger partial charge in [0.25, 0.3) is 0 Å². The molecule has 4 heteroatoms. The Bertz CT molecular complexity index is 436. The van der Waals surface area contributed by atoms with Gasteiger partial charge in [-0.2, -0.15) is 0 Å². The van der Waals surface area contributed by atoms with E-state index in [-0.39, 0.29) is 11.9 Å². The molecule has 0 aromatic heterocycles. The van der Waals surface area contributed by atoms with Crippen molar-refractivity contribution in [3.05, 3.63) is 29.8 Å². The number of anilines is 1. The maximum atomic E-state index is 12.4. The molecule has 1 N–H and O–H groups in total. The summed E-state index contributed by atoms with van der Waals surface area (Å²) in [6.07, 6.45) is 2.07. The second-order valence-corrected chi connectivity index (χ2v) is 5.56. The van der Waals surface area contributed by atoms with Crippen molar-refractivity contribution >= 4 is 11.6 Å². The number of nitrogens with one attached hydrogen (secondary N) is 1. The van der Waals surface area contributed by atoms with Crippen LogP contribution in [0.15, 0.2) is 24.3 Å². The van der Waals surface area contributed by atoms with Crippen LogP contribution in [-0.4, -0.2) is 44.0 Å². The predicted octanol–water partition coefficient (Wildman–Crippen LogP) is 1.85. The molecule has 1 aliphatic heterocycles. The van der Waals surface area contributed by atoms with Gasteiger partial charge in [-0.1, -0.05) is 12.1 Å². The van der Waals surface area contributed by atoms with E-state index in [0.717, 1.165) is 25.9 Å². The van der Waals surface area contributed by atoms with E-state index in [9.17, 15) is 4.79 Å². The first-order valence-corrected chi connectivity index (χ1v) is 7.40. The van der Waals surface area contributed by atoms with Crippen molar-refractivity contribution in [2.24, 2.45) is 0 Å². The number of likely N-dealkylation sites (N-methyl/N-ethyl adjacent to an activating group) is 1. The number of rotatable bonds is 5. The van der Waals surface area contributed by atoms with Crippen LogP contribution in [0.25, 0.3) is 0 Å². The molecule has 1 heterocycles. The third-order valence-corrected chi connectivity index (χ3v) is 3.88. The molecule has 0 radical (unpaired) electrons. The summed E-state index contributed by atoms with van der Waals surface area (Å²) in [6.45, 7) is 4.46. The Morgan fingerprint density at radius 3 is 2.50 bits per heavy atom. The highest BCUT2D eigenvalue weighted by atomic mass is 16.2. The van der Waals surface area contributed by atoms with E-state index in [1.807, 2.05) is 25.9 Å². The number of carbonyl (C=O) groups excluding carboxylic acids is 1. The molecular weight excluding hydrogens is 250 g/mol. The highest BCUT2D eigenvalue weighted by Gasteiger charge is 2.25. The molecular formula is C16H25N3O. The van der Waals surface area contributed by atoms with E-state index < -0.39 is 0 Å². The van der Waals surface area contributed by atoms with Crippen molar-refractivity contribution in [3.63, 3.8) is 0 Å². The van der Waals surface area contributed by atoms with Gasteiger partial charge in [0.15, 0.2) is 0 Å². The minimum absolute atomic E-state index is 0.0241. The van der Waals surface area contributed by atoms with Gasteiger partial charge >= 0.3 is 0 Å². The number of hydrogen-bond donors (Lipinski definition) is 1. The van der Waals surface area contributed by atoms with E-state index in [1.165, 1.54) is 11.3 Å². The second kappa shape index (κ2) is 6.75. The maximum absolute atomic E-state index is 12.4. The second-order valence-electron chi connectivity index (χ2n) is 5.56. The molecule has 1 fully saturated rings. The summed E-state index contributed by atoms with van der Waals surface area (Å²) in [7, 11) is 4.06. The minimum atomic E-state index is 0.0241. The van der Waals surface area contributed by atoms with Crippen molar-refractivity contribution in [1.29, 1.82) is 0 Å². The van der Waals surface area contributed by atoms with E-state index in [0.29, 0.717) is 6.54 Å². The molecule has 0 saturated carbocycles. The largest absolute Gasteiger partial charge is 0.378 e. The zero-order valence-corrected chi connectivity index (χ0v) is 12.7. The van der Waals surface area contributed by atoms with Crippen molar-refractivity contribution in [2.45, 2.75) is 32.4 Å². The molecule has 0 bridgehead atoms. The van der Waals surface area contributed by atoms with Crippen LogP contribution in [0.5, 0.6) is 0 Å². The molecule has 2 rings (SSSR count). The monoisotopic (exact) mass is 275 g/mol. The van der Waals surface area contributed by atoms with Crippen LogP contribution in [0.1, 0.15) is 25.3 Å². The topological polar surface area (TPSA) is 35.6 Å². The lowest BCUT2D eigenvalue weighted by molar-refractivity contribution is -0.133. The van der Waals surface area contributed by atoms with Crippen LogP contribution in [0.2, 0.25) is 0 Å². The summed E-state index contributed by atoms with van der Waals surface area (Å²) in [4.78, 5) is 16.4. The Hall–Kier alpha value is -1.55. The van der Waals surface area contributed by atoms with E-state index in [2.05, 4.69) is 34.5 Å². The smallest absolute Gasteiger partial charge is 0.239 e. The van der Waals surface area contributed by atoms with Gasteiger partial charge in [0, 0.05) is 32.9 Å². The molecule has 1 saturated heterocycles. The average Bonchev–Trinajstić information content (AvgIpc) is 2.98. The quantitative estimate of drug-likeness (QED) is 0.891. The van der Waals surface area contributed by atoms with Crippen LogP contribution >= 0.6 is 0 Å². The Morgan fingerprint density at radius 2 is 2.00 bits per heavy atom. The van der Waals surface area contributed by atoms with Gasteiger partial charge in [-0.25, -0.2) is 0 Å². The van der Waals surface area contributed by atoms with Crippen LogP contribution in [-0.2, 0) is 11.3 Å². The number of hydrogen-bond acceptors (Lipinski definition) is 3. The number of amides is 1. The fraction of sp³-hybridized carbons (Fsp3) is 0.562. The zero-order chi connectivity index (χ0) is 14.5. The molecule has 4 nitrogen and oxygen atoms in total. The van der Waals surface area contributed by atoms with Crippen molar-refractivity contribution in [2.75, 3.05) is 32.1 Å². The summed E-state index contributed by atoms with van der Waals surface area (Å²) >= 11 is 0. The number of benzene rings is 1. The first-order valence-electron chi connectivity index (χ1n) is 7.40. The fourth-order valence-electron chi connectivity index (χ4n) is 2.58.